The van der Waals surface area contributed by atoms with Crippen LogP contribution in [0.2, 0.25) is 0 Å². The summed E-state index contributed by atoms with van der Waals surface area (Å²) in [6.07, 6.45) is 1.59. The predicted octanol–water partition coefficient (Wildman–Crippen LogP) is 0.0164. The lowest BCUT2D eigenvalue weighted by Crippen LogP contribution is -2.54. The lowest BCUT2D eigenvalue weighted by molar-refractivity contribution is -0.132. The molecule has 118 valence electrons. The maximum atomic E-state index is 12.2. The molecule has 0 saturated heterocycles. The second-order valence-corrected chi connectivity index (χ2v) is 5.38. The molecule has 0 aliphatic heterocycles. The molecule has 0 saturated carbocycles. The summed E-state index contributed by atoms with van der Waals surface area (Å²) in [5, 5.41) is 13.3. The van der Waals surface area contributed by atoms with Gasteiger partial charge in [-0.25, -0.2) is 0 Å². The zero-order valence-corrected chi connectivity index (χ0v) is 13.1. The molecular formula is C13H23N5O3. The number of aromatic nitrogens is 3. The van der Waals surface area contributed by atoms with Crippen LogP contribution in [-0.4, -0.2) is 45.8 Å². The molecule has 0 aromatic carbocycles. The van der Waals surface area contributed by atoms with E-state index in [2.05, 4.69) is 20.8 Å². The Kier molecular flexibility index (Phi) is 5.83. The van der Waals surface area contributed by atoms with E-state index in [4.69, 9.17) is 4.74 Å². The summed E-state index contributed by atoms with van der Waals surface area (Å²) in [6, 6.07) is -0.329. The first kappa shape index (κ1) is 17.1. The highest BCUT2D eigenvalue weighted by Crippen LogP contribution is 2.11. The Morgan fingerprint density at radius 2 is 2.14 bits per heavy atom. The first-order chi connectivity index (χ1) is 9.77. The fraction of sp³-hybridized carbons (Fsp3) is 0.692. The molecule has 2 amide bonds. The molecule has 0 spiro atoms. The third kappa shape index (κ3) is 4.82. The van der Waals surface area contributed by atoms with E-state index in [1.165, 1.54) is 6.92 Å². The molecule has 0 radical (unpaired) electrons. The monoisotopic (exact) mass is 297 g/mol. The van der Waals surface area contributed by atoms with Crippen LogP contribution in [0, 0.1) is 0 Å². The lowest BCUT2D eigenvalue weighted by Gasteiger charge is -2.26. The van der Waals surface area contributed by atoms with Gasteiger partial charge in [0.25, 0.3) is 0 Å². The molecule has 1 aromatic rings. The largest absolute Gasteiger partial charge is 0.383 e. The number of nitrogens with one attached hydrogen (secondary N) is 2. The molecule has 1 heterocycles. The van der Waals surface area contributed by atoms with E-state index < -0.39 is 5.54 Å². The average Bonchev–Trinajstić information content (AvgIpc) is 2.82. The zero-order chi connectivity index (χ0) is 16.0. The molecule has 8 nitrogen and oxygen atoms in total. The molecule has 8 heteroatoms. The van der Waals surface area contributed by atoms with Crippen LogP contribution in [0.5, 0.6) is 0 Å². The SMILES string of the molecule is COCCn1cnnc1C(C)NC(=O)C(C)(C)NC(C)=O. The van der Waals surface area contributed by atoms with Crippen molar-refractivity contribution < 1.29 is 14.3 Å². The van der Waals surface area contributed by atoms with E-state index in [0.717, 1.165) is 0 Å². The van der Waals surface area contributed by atoms with Gasteiger partial charge in [-0.2, -0.15) is 0 Å². The van der Waals surface area contributed by atoms with Gasteiger partial charge in [-0.05, 0) is 20.8 Å². The highest BCUT2D eigenvalue weighted by molar-refractivity contribution is 5.90. The summed E-state index contributed by atoms with van der Waals surface area (Å²) in [5.41, 5.74) is -0.989. The van der Waals surface area contributed by atoms with Crippen LogP contribution in [0.15, 0.2) is 6.33 Å². The van der Waals surface area contributed by atoms with Crippen molar-refractivity contribution in [3.05, 3.63) is 12.2 Å². The quantitative estimate of drug-likeness (QED) is 0.739. The minimum absolute atomic E-state index is 0.258. The lowest BCUT2D eigenvalue weighted by atomic mass is 10.0. The van der Waals surface area contributed by atoms with Crippen molar-refractivity contribution >= 4 is 11.8 Å². The number of hydrogen-bond acceptors (Lipinski definition) is 5. The van der Waals surface area contributed by atoms with E-state index in [-0.39, 0.29) is 17.9 Å². The Hall–Kier alpha value is -1.96. The van der Waals surface area contributed by atoms with E-state index in [0.29, 0.717) is 19.0 Å². The van der Waals surface area contributed by atoms with Gasteiger partial charge >= 0.3 is 0 Å². The van der Waals surface area contributed by atoms with Crippen LogP contribution in [-0.2, 0) is 20.9 Å². The summed E-state index contributed by atoms with van der Waals surface area (Å²) in [5.74, 6) is 0.0941. The Labute approximate surface area is 124 Å². The molecule has 0 aliphatic carbocycles. The van der Waals surface area contributed by atoms with Crippen molar-refractivity contribution in [2.45, 2.75) is 45.8 Å². The molecule has 1 atom stereocenters. The smallest absolute Gasteiger partial charge is 0.245 e. The summed E-state index contributed by atoms with van der Waals surface area (Å²) in [7, 11) is 1.62. The first-order valence-corrected chi connectivity index (χ1v) is 6.74. The topological polar surface area (TPSA) is 98.1 Å². The van der Waals surface area contributed by atoms with Gasteiger partial charge in [0.15, 0.2) is 5.82 Å². The Bertz CT molecular complexity index is 498. The van der Waals surface area contributed by atoms with Gasteiger partial charge in [0.2, 0.25) is 11.8 Å². The van der Waals surface area contributed by atoms with E-state index in [9.17, 15) is 9.59 Å². The van der Waals surface area contributed by atoms with Crippen molar-refractivity contribution in [2.75, 3.05) is 13.7 Å². The fourth-order valence-electron chi connectivity index (χ4n) is 1.90. The summed E-state index contributed by atoms with van der Waals surface area (Å²) in [4.78, 5) is 23.3. The van der Waals surface area contributed by atoms with Crippen LogP contribution < -0.4 is 10.6 Å². The Morgan fingerprint density at radius 1 is 1.48 bits per heavy atom. The van der Waals surface area contributed by atoms with Crippen molar-refractivity contribution in [2.24, 2.45) is 0 Å². The van der Waals surface area contributed by atoms with Crippen LogP contribution in [0.25, 0.3) is 0 Å². The second-order valence-electron chi connectivity index (χ2n) is 5.38. The highest BCUT2D eigenvalue weighted by atomic mass is 16.5. The maximum absolute atomic E-state index is 12.2. The van der Waals surface area contributed by atoms with Crippen molar-refractivity contribution in [3.63, 3.8) is 0 Å². The van der Waals surface area contributed by atoms with E-state index >= 15 is 0 Å². The van der Waals surface area contributed by atoms with Gasteiger partial charge < -0.3 is 19.9 Å². The van der Waals surface area contributed by atoms with E-state index in [1.54, 1.807) is 27.3 Å². The third-order valence-corrected chi connectivity index (χ3v) is 2.97. The fourth-order valence-corrected chi connectivity index (χ4v) is 1.90. The van der Waals surface area contributed by atoms with Gasteiger partial charge in [0, 0.05) is 20.6 Å². The van der Waals surface area contributed by atoms with Crippen LogP contribution in [0.1, 0.15) is 39.6 Å². The molecule has 0 bridgehead atoms. The Balaban J connectivity index is 2.72. The van der Waals surface area contributed by atoms with Gasteiger partial charge in [-0.1, -0.05) is 0 Å². The number of hydrogen-bond donors (Lipinski definition) is 2. The average molecular weight is 297 g/mol. The highest BCUT2D eigenvalue weighted by Gasteiger charge is 2.30. The van der Waals surface area contributed by atoms with E-state index in [1.807, 2.05) is 11.5 Å². The van der Waals surface area contributed by atoms with Gasteiger partial charge in [-0.15, -0.1) is 10.2 Å². The minimum Gasteiger partial charge on any atom is -0.383 e. The third-order valence-electron chi connectivity index (χ3n) is 2.97. The molecular weight excluding hydrogens is 274 g/mol. The number of nitrogens with zero attached hydrogens (tertiary/aromatic N) is 3. The number of rotatable bonds is 7. The van der Waals surface area contributed by atoms with Crippen LogP contribution >= 0.6 is 0 Å². The first-order valence-electron chi connectivity index (χ1n) is 6.74. The molecule has 1 rings (SSSR count). The number of methoxy groups -OCH3 is 1. The molecule has 0 aliphatic rings. The summed E-state index contributed by atoms with van der Waals surface area (Å²) >= 11 is 0. The van der Waals surface area contributed by atoms with Crippen LogP contribution in [0.4, 0.5) is 0 Å². The van der Waals surface area contributed by atoms with Crippen molar-refractivity contribution in [1.29, 1.82) is 0 Å². The molecule has 2 N–H and O–H groups in total. The number of carbonyl (C=O) groups is 2. The van der Waals surface area contributed by atoms with Gasteiger partial charge in [0.05, 0.1) is 12.6 Å². The van der Waals surface area contributed by atoms with Crippen molar-refractivity contribution in [3.8, 4) is 0 Å². The normalized spacial score (nSPS) is 12.8. The molecule has 1 aromatic heterocycles. The summed E-state index contributed by atoms with van der Waals surface area (Å²) < 4.78 is 6.84. The standard InChI is InChI=1S/C13H23N5O3/c1-9(11-17-14-8-18(11)6-7-21-5)15-12(20)13(3,4)16-10(2)19/h8-9H,6-7H2,1-5H3,(H,15,20)(H,16,19). The van der Waals surface area contributed by atoms with Gasteiger partial charge in [-0.3, -0.25) is 9.59 Å². The Morgan fingerprint density at radius 3 is 2.71 bits per heavy atom. The molecule has 21 heavy (non-hydrogen) atoms. The van der Waals surface area contributed by atoms with Crippen LogP contribution in [0.3, 0.4) is 0 Å². The van der Waals surface area contributed by atoms with Gasteiger partial charge in [0.1, 0.15) is 11.9 Å². The summed E-state index contributed by atoms with van der Waals surface area (Å²) in [6.45, 7) is 7.62. The minimum atomic E-state index is -0.989. The predicted molar refractivity (Wildman–Crippen MR) is 76.4 cm³/mol. The van der Waals surface area contributed by atoms with Crippen molar-refractivity contribution in [1.82, 2.24) is 25.4 Å². The number of amides is 2. The zero-order valence-electron chi connectivity index (χ0n) is 13.1. The molecule has 1 unspecified atom stereocenters. The number of carbonyl (C=O) groups excluding carboxylic acids is 2. The maximum Gasteiger partial charge on any atom is 0.245 e. The second kappa shape index (κ2) is 7.16. The molecule has 0 fully saturated rings. The number of ether oxygens (including phenoxy) is 1.